The lowest BCUT2D eigenvalue weighted by molar-refractivity contribution is -0.116. The summed E-state index contributed by atoms with van der Waals surface area (Å²) >= 11 is 0. The van der Waals surface area contributed by atoms with Crippen LogP contribution >= 0.6 is 0 Å². The molecule has 0 N–H and O–H groups in total. The van der Waals surface area contributed by atoms with E-state index in [1.165, 1.54) is 20.1 Å². The molecule has 0 aromatic heterocycles. The van der Waals surface area contributed by atoms with Gasteiger partial charge in [0.05, 0.1) is 7.11 Å². The van der Waals surface area contributed by atoms with Crippen LogP contribution in [0.1, 0.15) is 18.1 Å². The molecule has 76 valence electrons. The molecule has 0 saturated heterocycles. The summed E-state index contributed by atoms with van der Waals surface area (Å²) < 4.78 is 18.2. The zero-order chi connectivity index (χ0) is 10.7. The summed E-state index contributed by atoms with van der Waals surface area (Å²) in [7, 11) is 1.48. The van der Waals surface area contributed by atoms with Crippen LogP contribution in [0.4, 0.5) is 4.39 Å². The molecule has 0 heterocycles. The average Bonchev–Trinajstić information content (AvgIpc) is 2.11. The zero-order valence-electron chi connectivity index (χ0n) is 8.56. The number of ether oxygens (including phenoxy) is 1. The Balaban J connectivity index is 3.17. The van der Waals surface area contributed by atoms with Gasteiger partial charge in [0.15, 0.2) is 0 Å². The van der Waals surface area contributed by atoms with Gasteiger partial charge in [-0.2, -0.15) is 0 Å². The monoisotopic (exact) mass is 196 g/mol. The molecular formula is C11H13FO2. The summed E-state index contributed by atoms with van der Waals surface area (Å²) in [6, 6.07) is 2.94. The van der Waals surface area contributed by atoms with Gasteiger partial charge < -0.3 is 4.74 Å². The maximum atomic E-state index is 13.1. The van der Waals surface area contributed by atoms with Crippen LogP contribution in [-0.2, 0) is 11.2 Å². The van der Waals surface area contributed by atoms with E-state index >= 15 is 0 Å². The van der Waals surface area contributed by atoms with Gasteiger partial charge in [0.1, 0.15) is 17.3 Å². The van der Waals surface area contributed by atoms with Crippen molar-refractivity contribution in [2.45, 2.75) is 20.3 Å². The molecule has 0 aliphatic heterocycles. The van der Waals surface area contributed by atoms with Crippen molar-refractivity contribution in [2.24, 2.45) is 0 Å². The average molecular weight is 196 g/mol. The van der Waals surface area contributed by atoms with E-state index in [9.17, 15) is 9.18 Å². The van der Waals surface area contributed by atoms with Crippen LogP contribution in [-0.4, -0.2) is 12.9 Å². The Hall–Kier alpha value is -1.38. The van der Waals surface area contributed by atoms with Gasteiger partial charge in [-0.3, -0.25) is 4.79 Å². The number of methoxy groups -OCH3 is 1. The molecule has 1 rings (SSSR count). The van der Waals surface area contributed by atoms with Crippen LogP contribution < -0.4 is 4.74 Å². The fourth-order valence-corrected chi connectivity index (χ4v) is 1.42. The summed E-state index contributed by atoms with van der Waals surface area (Å²) in [6.45, 7) is 3.13. The predicted molar refractivity (Wildman–Crippen MR) is 52.1 cm³/mol. The van der Waals surface area contributed by atoms with E-state index in [0.717, 1.165) is 5.56 Å². The number of Topliss-reactive ketones (excluding diaryl/α,β-unsaturated/α-hetero) is 1. The van der Waals surface area contributed by atoms with Crippen molar-refractivity contribution >= 4 is 5.78 Å². The summed E-state index contributed by atoms with van der Waals surface area (Å²) in [5, 5.41) is 0. The number of ketones is 1. The lowest BCUT2D eigenvalue weighted by atomic mass is 10.0. The number of carbonyl (C=O) groups excluding carboxylic acids is 1. The van der Waals surface area contributed by atoms with Gasteiger partial charge in [0, 0.05) is 17.5 Å². The van der Waals surface area contributed by atoms with Gasteiger partial charge in [-0.1, -0.05) is 6.07 Å². The molecule has 2 nitrogen and oxygen atoms in total. The van der Waals surface area contributed by atoms with E-state index in [1.54, 1.807) is 13.0 Å². The SMILES string of the molecule is COc1c(CC(C)=O)ccc(F)c1C. The highest BCUT2D eigenvalue weighted by Gasteiger charge is 2.11. The zero-order valence-corrected chi connectivity index (χ0v) is 8.56. The van der Waals surface area contributed by atoms with E-state index < -0.39 is 0 Å². The van der Waals surface area contributed by atoms with Crippen molar-refractivity contribution in [2.75, 3.05) is 7.11 Å². The third-order valence-electron chi connectivity index (χ3n) is 2.06. The molecule has 14 heavy (non-hydrogen) atoms. The Kier molecular flexibility index (Phi) is 3.23. The number of hydrogen-bond donors (Lipinski definition) is 0. The van der Waals surface area contributed by atoms with Gasteiger partial charge >= 0.3 is 0 Å². The molecular weight excluding hydrogens is 183 g/mol. The summed E-state index contributed by atoms with van der Waals surface area (Å²) in [5.41, 5.74) is 1.19. The molecule has 1 aromatic carbocycles. The molecule has 0 saturated carbocycles. The maximum Gasteiger partial charge on any atom is 0.134 e. The van der Waals surface area contributed by atoms with Crippen LogP contribution in [0.25, 0.3) is 0 Å². The van der Waals surface area contributed by atoms with Crippen molar-refractivity contribution in [3.63, 3.8) is 0 Å². The Morgan fingerprint density at radius 1 is 1.50 bits per heavy atom. The maximum absolute atomic E-state index is 13.1. The van der Waals surface area contributed by atoms with Crippen molar-refractivity contribution in [3.8, 4) is 5.75 Å². The molecule has 0 aliphatic carbocycles. The number of rotatable bonds is 3. The van der Waals surface area contributed by atoms with Gasteiger partial charge in [-0.05, 0) is 19.9 Å². The number of carbonyl (C=O) groups is 1. The molecule has 0 bridgehead atoms. The highest BCUT2D eigenvalue weighted by Crippen LogP contribution is 2.25. The normalized spacial score (nSPS) is 10.0. The van der Waals surface area contributed by atoms with Crippen LogP contribution in [0.5, 0.6) is 5.75 Å². The first-order chi connectivity index (χ1) is 6.56. The molecule has 0 fully saturated rings. The van der Waals surface area contributed by atoms with E-state index in [0.29, 0.717) is 11.3 Å². The van der Waals surface area contributed by atoms with Crippen LogP contribution in [0.2, 0.25) is 0 Å². The first-order valence-corrected chi connectivity index (χ1v) is 4.37. The van der Waals surface area contributed by atoms with Gasteiger partial charge in [-0.15, -0.1) is 0 Å². The molecule has 0 atom stereocenters. The van der Waals surface area contributed by atoms with E-state index in [1.807, 2.05) is 0 Å². The third kappa shape index (κ3) is 2.10. The second-order valence-electron chi connectivity index (χ2n) is 3.24. The minimum absolute atomic E-state index is 0.0364. The van der Waals surface area contributed by atoms with E-state index in [-0.39, 0.29) is 18.0 Å². The van der Waals surface area contributed by atoms with Crippen molar-refractivity contribution in [1.82, 2.24) is 0 Å². The largest absolute Gasteiger partial charge is 0.496 e. The lowest BCUT2D eigenvalue weighted by Crippen LogP contribution is -2.02. The fraction of sp³-hybridized carbons (Fsp3) is 0.364. The minimum Gasteiger partial charge on any atom is -0.496 e. The molecule has 0 unspecified atom stereocenters. The Morgan fingerprint density at radius 3 is 2.64 bits per heavy atom. The Morgan fingerprint density at radius 2 is 2.14 bits per heavy atom. The fourth-order valence-electron chi connectivity index (χ4n) is 1.42. The van der Waals surface area contributed by atoms with Crippen molar-refractivity contribution in [3.05, 3.63) is 29.1 Å². The highest BCUT2D eigenvalue weighted by atomic mass is 19.1. The first kappa shape index (κ1) is 10.7. The standard InChI is InChI=1S/C11H13FO2/c1-7(13)6-9-4-5-10(12)8(2)11(9)14-3/h4-5H,6H2,1-3H3. The second kappa shape index (κ2) is 4.22. The van der Waals surface area contributed by atoms with E-state index in [4.69, 9.17) is 4.74 Å². The summed E-state index contributed by atoms with van der Waals surface area (Å²) in [6.07, 6.45) is 0.282. The lowest BCUT2D eigenvalue weighted by Gasteiger charge is -2.10. The minimum atomic E-state index is -0.311. The second-order valence-corrected chi connectivity index (χ2v) is 3.24. The van der Waals surface area contributed by atoms with Crippen LogP contribution in [0, 0.1) is 12.7 Å². The molecule has 0 amide bonds. The molecule has 0 spiro atoms. The number of halogens is 1. The first-order valence-electron chi connectivity index (χ1n) is 4.37. The topological polar surface area (TPSA) is 26.3 Å². The van der Waals surface area contributed by atoms with Crippen LogP contribution in [0.15, 0.2) is 12.1 Å². The van der Waals surface area contributed by atoms with Gasteiger partial charge in [-0.25, -0.2) is 4.39 Å². The smallest absolute Gasteiger partial charge is 0.134 e. The molecule has 0 radical (unpaired) electrons. The van der Waals surface area contributed by atoms with Crippen LogP contribution in [0.3, 0.4) is 0 Å². The Labute approximate surface area is 82.7 Å². The number of benzene rings is 1. The summed E-state index contributed by atoms with van der Waals surface area (Å²) in [4.78, 5) is 10.9. The molecule has 3 heteroatoms. The summed E-state index contributed by atoms with van der Waals surface area (Å²) in [5.74, 6) is 0.198. The van der Waals surface area contributed by atoms with Gasteiger partial charge in [0.2, 0.25) is 0 Å². The van der Waals surface area contributed by atoms with Gasteiger partial charge in [0.25, 0.3) is 0 Å². The van der Waals surface area contributed by atoms with E-state index in [2.05, 4.69) is 0 Å². The molecule has 1 aromatic rings. The highest BCUT2D eigenvalue weighted by molar-refractivity contribution is 5.79. The van der Waals surface area contributed by atoms with Crippen molar-refractivity contribution in [1.29, 1.82) is 0 Å². The van der Waals surface area contributed by atoms with Crippen molar-refractivity contribution < 1.29 is 13.9 Å². The predicted octanol–water partition coefficient (Wildman–Crippen LogP) is 2.27. The number of hydrogen-bond acceptors (Lipinski definition) is 2. The third-order valence-corrected chi connectivity index (χ3v) is 2.06. The molecule has 0 aliphatic rings. The Bertz CT molecular complexity index is 359. The quantitative estimate of drug-likeness (QED) is 0.741.